The van der Waals surface area contributed by atoms with E-state index in [4.69, 9.17) is 0 Å². The van der Waals surface area contributed by atoms with Gasteiger partial charge in [0.25, 0.3) is 0 Å². The minimum atomic E-state index is -0.00816. The van der Waals surface area contributed by atoms with Crippen LogP contribution < -0.4 is 10.2 Å². The third-order valence-electron chi connectivity index (χ3n) is 4.65. The lowest BCUT2D eigenvalue weighted by molar-refractivity contribution is -0.116. The van der Waals surface area contributed by atoms with Gasteiger partial charge in [0.05, 0.1) is 5.69 Å². The van der Waals surface area contributed by atoms with Crippen molar-refractivity contribution in [2.75, 3.05) is 29.6 Å². The maximum Gasteiger partial charge on any atom is 0.224 e. The van der Waals surface area contributed by atoms with E-state index in [1.807, 2.05) is 32.2 Å². The van der Waals surface area contributed by atoms with Gasteiger partial charge < -0.3 is 10.2 Å². The Morgan fingerprint density at radius 2 is 1.92 bits per heavy atom. The molecule has 6 nitrogen and oxygen atoms in total. The first-order valence-corrected chi connectivity index (χ1v) is 10.2. The molecule has 2 aromatic heterocycles. The summed E-state index contributed by atoms with van der Waals surface area (Å²) in [6.07, 6.45) is 7.13. The Morgan fingerprint density at radius 3 is 2.58 bits per heavy atom. The average molecular weight is 372 g/mol. The molecule has 1 aliphatic rings. The van der Waals surface area contributed by atoms with E-state index in [1.54, 1.807) is 6.20 Å². The van der Waals surface area contributed by atoms with Crippen molar-refractivity contribution in [1.82, 2.24) is 15.0 Å². The molecule has 3 heterocycles. The van der Waals surface area contributed by atoms with Gasteiger partial charge in [-0.05, 0) is 57.1 Å². The van der Waals surface area contributed by atoms with Gasteiger partial charge in [-0.1, -0.05) is 11.8 Å². The second kappa shape index (κ2) is 8.49. The fraction of sp³-hybridized carbons (Fsp3) is 0.474. The summed E-state index contributed by atoms with van der Waals surface area (Å²) in [5.74, 6) is 0.865. The number of carbonyl (C=O) groups is 1. The number of carbonyl (C=O) groups excluding carboxylic acids is 1. The molecule has 3 rings (SSSR count). The van der Waals surface area contributed by atoms with Crippen molar-refractivity contribution in [1.29, 1.82) is 0 Å². The van der Waals surface area contributed by atoms with Crippen LogP contribution in [0.1, 0.15) is 36.2 Å². The van der Waals surface area contributed by atoms with Crippen LogP contribution in [-0.2, 0) is 11.2 Å². The molecule has 7 heteroatoms. The third-order valence-corrected chi connectivity index (χ3v) is 5.20. The fourth-order valence-electron chi connectivity index (χ4n) is 3.29. The molecule has 26 heavy (non-hydrogen) atoms. The molecule has 0 saturated carbocycles. The van der Waals surface area contributed by atoms with Crippen LogP contribution in [-0.4, -0.2) is 40.2 Å². The molecule has 1 saturated heterocycles. The normalized spacial score (nSPS) is 13.9. The van der Waals surface area contributed by atoms with Crippen molar-refractivity contribution in [3.8, 4) is 0 Å². The Balaban J connectivity index is 1.65. The van der Waals surface area contributed by atoms with Crippen LogP contribution in [0, 0.1) is 13.8 Å². The smallest absolute Gasteiger partial charge is 0.224 e. The topological polar surface area (TPSA) is 71.0 Å². The van der Waals surface area contributed by atoms with Gasteiger partial charge in [-0.3, -0.25) is 4.79 Å². The molecule has 0 aromatic carbocycles. The average Bonchev–Trinajstić information content (AvgIpc) is 3.15. The van der Waals surface area contributed by atoms with Gasteiger partial charge in [-0.25, -0.2) is 15.0 Å². The van der Waals surface area contributed by atoms with Crippen LogP contribution in [0.5, 0.6) is 0 Å². The lowest BCUT2D eigenvalue weighted by Crippen LogP contribution is -2.22. The van der Waals surface area contributed by atoms with E-state index in [0.717, 1.165) is 46.7 Å². The molecule has 1 amide bonds. The standard InChI is InChI=1S/C19H25N5OS/c1-13-15(14(2)22-19(21-13)26-3)8-9-17(25)23-16-7-6-10-20-18(16)24-11-4-5-12-24/h6-7,10H,4-5,8-9,11-12H2,1-3H3,(H,23,25). The van der Waals surface area contributed by atoms with Crippen molar-refractivity contribution >= 4 is 29.2 Å². The Morgan fingerprint density at radius 1 is 1.23 bits per heavy atom. The zero-order valence-electron chi connectivity index (χ0n) is 15.6. The summed E-state index contributed by atoms with van der Waals surface area (Å²) in [6.45, 7) is 5.96. The number of hydrogen-bond acceptors (Lipinski definition) is 6. The van der Waals surface area contributed by atoms with Crippen LogP contribution in [0.25, 0.3) is 0 Å². The summed E-state index contributed by atoms with van der Waals surface area (Å²) in [6, 6.07) is 3.78. The van der Waals surface area contributed by atoms with Gasteiger partial charge in [0.1, 0.15) is 0 Å². The second-order valence-electron chi connectivity index (χ2n) is 6.48. The van der Waals surface area contributed by atoms with E-state index in [9.17, 15) is 4.79 Å². The van der Waals surface area contributed by atoms with E-state index in [2.05, 4.69) is 25.2 Å². The minimum Gasteiger partial charge on any atom is -0.355 e. The van der Waals surface area contributed by atoms with Crippen LogP contribution >= 0.6 is 11.8 Å². The molecule has 1 N–H and O–H groups in total. The lowest BCUT2D eigenvalue weighted by atomic mass is 10.1. The first-order chi connectivity index (χ1) is 12.6. The summed E-state index contributed by atoms with van der Waals surface area (Å²) in [4.78, 5) is 28.2. The number of nitrogens with zero attached hydrogens (tertiary/aromatic N) is 4. The number of thioether (sulfide) groups is 1. The van der Waals surface area contributed by atoms with Gasteiger partial charge in [0, 0.05) is 37.1 Å². The Kier molecular flexibility index (Phi) is 6.08. The molecule has 138 valence electrons. The van der Waals surface area contributed by atoms with E-state index >= 15 is 0 Å². The summed E-state index contributed by atoms with van der Waals surface area (Å²) in [5, 5.41) is 3.81. The third kappa shape index (κ3) is 4.33. The molecule has 0 unspecified atom stereocenters. The van der Waals surface area contributed by atoms with E-state index in [-0.39, 0.29) is 5.91 Å². The molecular formula is C19H25N5OS. The maximum atomic E-state index is 12.5. The summed E-state index contributed by atoms with van der Waals surface area (Å²) >= 11 is 1.53. The molecule has 0 aliphatic carbocycles. The number of nitrogens with one attached hydrogen (secondary N) is 1. The van der Waals surface area contributed by atoms with Crippen LogP contribution in [0.2, 0.25) is 0 Å². The van der Waals surface area contributed by atoms with Crippen molar-refractivity contribution in [3.63, 3.8) is 0 Å². The monoisotopic (exact) mass is 371 g/mol. The Hall–Kier alpha value is -2.15. The highest BCUT2D eigenvalue weighted by Crippen LogP contribution is 2.26. The maximum absolute atomic E-state index is 12.5. The number of aromatic nitrogens is 3. The van der Waals surface area contributed by atoms with Crippen LogP contribution in [0.4, 0.5) is 11.5 Å². The highest BCUT2D eigenvalue weighted by Gasteiger charge is 2.18. The van der Waals surface area contributed by atoms with Gasteiger partial charge in [0.2, 0.25) is 5.91 Å². The van der Waals surface area contributed by atoms with Gasteiger partial charge in [-0.15, -0.1) is 0 Å². The highest BCUT2D eigenvalue weighted by molar-refractivity contribution is 7.98. The van der Waals surface area contributed by atoms with Crippen molar-refractivity contribution < 1.29 is 4.79 Å². The van der Waals surface area contributed by atoms with E-state index in [1.165, 1.54) is 24.6 Å². The van der Waals surface area contributed by atoms with Crippen LogP contribution in [0.3, 0.4) is 0 Å². The van der Waals surface area contributed by atoms with Crippen molar-refractivity contribution in [3.05, 3.63) is 35.3 Å². The van der Waals surface area contributed by atoms with Gasteiger partial charge >= 0.3 is 0 Å². The number of anilines is 2. The number of rotatable bonds is 6. The quantitative estimate of drug-likeness (QED) is 0.620. The van der Waals surface area contributed by atoms with Crippen molar-refractivity contribution in [2.24, 2.45) is 0 Å². The van der Waals surface area contributed by atoms with Gasteiger partial charge in [-0.2, -0.15) is 0 Å². The molecule has 0 atom stereocenters. The molecule has 0 radical (unpaired) electrons. The van der Waals surface area contributed by atoms with Crippen LogP contribution in [0.15, 0.2) is 23.5 Å². The lowest BCUT2D eigenvalue weighted by Gasteiger charge is -2.20. The first kappa shape index (κ1) is 18.6. The molecule has 0 spiro atoms. The minimum absolute atomic E-state index is 0.00816. The number of hydrogen-bond donors (Lipinski definition) is 1. The van der Waals surface area contributed by atoms with Crippen molar-refractivity contribution in [2.45, 2.75) is 44.7 Å². The fourth-order valence-corrected chi connectivity index (χ4v) is 3.74. The molecule has 1 fully saturated rings. The molecule has 1 aliphatic heterocycles. The van der Waals surface area contributed by atoms with Gasteiger partial charge in [0.15, 0.2) is 11.0 Å². The first-order valence-electron chi connectivity index (χ1n) is 8.96. The second-order valence-corrected chi connectivity index (χ2v) is 7.25. The van der Waals surface area contributed by atoms with E-state index < -0.39 is 0 Å². The predicted octanol–water partition coefficient (Wildman–Crippen LogP) is 3.38. The SMILES string of the molecule is CSc1nc(C)c(CCC(=O)Nc2cccnc2N2CCCC2)c(C)n1. The zero-order valence-corrected chi connectivity index (χ0v) is 16.4. The highest BCUT2D eigenvalue weighted by atomic mass is 32.2. The molecule has 2 aromatic rings. The molecule has 0 bridgehead atoms. The molecular weight excluding hydrogens is 346 g/mol. The Bertz CT molecular complexity index is 766. The van der Waals surface area contributed by atoms with E-state index in [0.29, 0.717) is 12.8 Å². The zero-order chi connectivity index (χ0) is 18.5. The summed E-state index contributed by atoms with van der Waals surface area (Å²) in [5.41, 5.74) is 3.76. The Labute approximate surface area is 158 Å². The number of amides is 1. The number of pyridine rings is 1. The largest absolute Gasteiger partial charge is 0.355 e. The summed E-state index contributed by atoms with van der Waals surface area (Å²) in [7, 11) is 0. The predicted molar refractivity (Wildman–Crippen MR) is 106 cm³/mol. The number of aryl methyl sites for hydroxylation is 2. The summed E-state index contributed by atoms with van der Waals surface area (Å²) < 4.78 is 0.